The number of nitrogens with one attached hydrogen (secondary N) is 1. The van der Waals surface area contributed by atoms with Gasteiger partial charge in [-0.1, -0.05) is 13.0 Å². The van der Waals surface area contributed by atoms with Crippen LogP contribution in [0.2, 0.25) is 0 Å². The highest BCUT2D eigenvalue weighted by molar-refractivity contribution is 5.29. The number of halogens is 4. The molecule has 120 valence electrons. The summed E-state index contributed by atoms with van der Waals surface area (Å²) >= 11 is 0. The van der Waals surface area contributed by atoms with Gasteiger partial charge in [0.1, 0.15) is 5.82 Å². The molecule has 0 aliphatic carbocycles. The summed E-state index contributed by atoms with van der Waals surface area (Å²) in [7, 11) is 0. The van der Waals surface area contributed by atoms with Gasteiger partial charge in [-0.05, 0) is 44.0 Å². The topological polar surface area (TPSA) is 21.3 Å². The van der Waals surface area contributed by atoms with E-state index in [0.29, 0.717) is 31.7 Å². The van der Waals surface area contributed by atoms with Crippen molar-refractivity contribution in [2.45, 2.75) is 38.9 Å². The van der Waals surface area contributed by atoms with Gasteiger partial charge in [0.15, 0.2) is 0 Å². The maximum atomic E-state index is 13.3. The fourth-order valence-electron chi connectivity index (χ4n) is 2.14. The molecule has 1 unspecified atom stereocenters. The molecular formula is C15H21F4NO. The van der Waals surface area contributed by atoms with Crippen molar-refractivity contribution in [3.05, 3.63) is 35.1 Å². The molecule has 21 heavy (non-hydrogen) atoms. The van der Waals surface area contributed by atoms with E-state index in [9.17, 15) is 17.6 Å². The van der Waals surface area contributed by atoms with Crippen LogP contribution in [0.1, 0.15) is 43.9 Å². The molecule has 1 atom stereocenters. The van der Waals surface area contributed by atoms with Gasteiger partial charge >= 0.3 is 6.18 Å². The van der Waals surface area contributed by atoms with E-state index < -0.39 is 17.6 Å². The van der Waals surface area contributed by atoms with Crippen LogP contribution in [0.15, 0.2) is 18.2 Å². The number of hydrogen-bond acceptors (Lipinski definition) is 2. The molecule has 0 fully saturated rings. The zero-order valence-electron chi connectivity index (χ0n) is 12.3. The van der Waals surface area contributed by atoms with Crippen LogP contribution < -0.4 is 5.32 Å². The summed E-state index contributed by atoms with van der Waals surface area (Å²) in [5.41, 5.74) is -0.769. The minimum absolute atomic E-state index is 0.239. The molecule has 0 aromatic heterocycles. The Kier molecular flexibility index (Phi) is 7.11. The molecule has 2 nitrogen and oxygen atoms in total. The third-order valence-electron chi connectivity index (χ3n) is 3.13. The SMILES string of the molecule is CCNC(CCCOCC)c1ccc(F)c(C(F)(F)F)c1. The molecule has 1 aromatic rings. The quantitative estimate of drug-likeness (QED) is 0.571. The molecular weight excluding hydrogens is 286 g/mol. The number of alkyl halides is 3. The van der Waals surface area contributed by atoms with E-state index in [4.69, 9.17) is 4.74 Å². The van der Waals surface area contributed by atoms with Crippen molar-refractivity contribution >= 4 is 0 Å². The Hall–Kier alpha value is -1.14. The van der Waals surface area contributed by atoms with Crippen LogP contribution in [-0.2, 0) is 10.9 Å². The van der Waals surface area contributed by atoms with Crippen LogP contribution >= 0.6 is 0 Å². The Labute approximate surface area is 122 Å². The lowest BCUT2D eigenvalue weighted by Gasteiger charge is -2.20. The van der Waals surface area contributed by atoms with Crippen molar-refractivity contribution in [2.24, 2.45) is 0 Å². The van der Waals surface area contributed by atoms with Crippen molar-refractivity contribution in [1.82, 2.24) is 5.32 Å². The fourth-order valence-corrected chi connectivity index (χ4v) is 2.14. The summed E-state index contributed by atoms with van der Waals surface area (Å²) in [6.07, 6.45) is -3.32. The van der Waals surface area contributed by atoms with Crippen molar-refractivity contribution < 1.29 is 22.3 Å². The fraction of sp³-hybridized carbons (Fsp3) is 0.600. The van der Waals surface area contributed by atoms with Crippen LogP contribution in [0, 0.1) is 5.82 Å². The Bertz CT molecular complexity index is 434. The Morgan fingerprint density at radius 1 is 1.24 bits per heavy atom. The minimum Gasteiger partial charge on any atom is -0.382 e. The highest BCUT2D eigenvalue weighted by Crippen LogP contribution is 2.33. The van der Waals surface area contributed by atoms with Gasteiger partial charge in [0.25, 0.3) is 0 Å². The minimum atomic E-state index is -4.68. The Morgan fingerprint density at radius 3 is 2.52 bits per heavy atom. The highest BCUT2D eigenvalue weighted by Gasteiger charge is 2.34. The van der Waals surface area contributed by atoms with Gasteiger partial charge in [-0.25, -0.2) is 4.39 Å². The smallest absolute Gasteiger partial charge is 0.382 e. The van der Waals surface area contributed by atoms with Gasteiger partial charge in [0.05, 0.1) is 5.56 Å². The predicted molar refractivity (Wildman–Crippen MR) is 73.5 cm³/mol. The molecule has 0 amide bonds. The molecule has 1 N–H and O–H groups in total. The van der Waals surface area contributed by atoms with E-state index in [1.807, 2.05) is 13.8 Å². The lowest BCUT2D eigenvalue weighted by Crippen LogP contribution is -2.22. The summed E-state index contributed by atoms with van der Waals surface area (Å²) in [6.45, 7) is 5.56. The van der Waals surface area contributed by atoms with Gasteiger partial charge in [-0.3, -0.25) is 0 Å². The van der Waals surface area contributed by atoms with Crippen LogP contribution in [0.4, 0.5) is 17.6 Å². The number of ether oxygens (including phenoxy) is 1. The van der Waals surface area contributed by atoms with E-state index >= 15 is 0 Å². The molecule has 0 bridgehead atoms. The molecule has 0 spiro atoms. The second-order valence-electron chi connectivity index (χ2n) is 4.69. The van der Waals surface area contributed by atoms with Crippen LogP contribution in [0.3, 0.4) is 0 Å². The third kappa shape index (κ3) is 5.63. The second kappa shape index (κ2) is 8.34. The molecule has 0 radical (unpaired) electrons. The van der Waals surface area contributed by atoms with Crippen LogP contribution in [0.25, 0.3) is 0 Å². The van der Waals surface area contributed by atoms with Crippen molar-refractivity contribution in [3.8, 4) is 0 Å². The monoisotopic (exact) mass is 307 g/mol. The first-order chi connectivity index (χ1) is 9.90. The van der Waals surface area contributed by atoms with E-state index in [1.54, 1.807) is 0 Å². The summed E-state index contributed by atoms with van der Waals surface area (Å²) < 4.78 is 56.8. The third-order valence-corrected chi connectivity index (χ3v) is 3.13. The first-order valence-electron chi connectivity index (χ1n) is 7.07. The molecule has 0 aliphatic heterocycles. The normalized spacial score (nSPS) is 13.4. The van der Waals surface area contributed by atoms with Crippen LogP contribution in [0.5, 0.6) is 0 Å². The zero-order valence-corrected chi connectivity index (χ0v) is 12.3. The molecule has 0 saturated carbocycles. The predicted octanol–water partition coefficient (Wildman–Crippen LogP) is 4.31. The largest absolute Gasteiger partial charge is 0.419 e. The molecule has 0 aliphatic rings. The average Bonchev–Trinajstić information content (AvgIpc) is 2.42. The van der Waals surface area contributed by atoms with E-state index in [2.05, 4.69) is 5.32 Å². The number of rotatable bonds is 8. The summed E-state index contributed by atoms with van der Waals surface area (Å²) in [6, 6.07) is 2.93. The van der Waals surface area contributed by atoms with Gasteiger partial charge in [0, 0.05) is 19.3 Å². The lowest BCUT2D eigenvalue weighted by atomic mass is 9.99. The molecule has 0 heterocycles. The van der Waals surface area contributed by atoms with Gasteiger partial charge < -0.3 is 10.1 Å². The van der Waals surface area contributed by atoms with E-state index in [0.717, 1.165) is 18.6 Å². The van der Waals surface area contributed by atoms with E-state index in [1.165, 1.54) is 6.07 Å². The first-order valence-corrected chi connectivity index (χ1v) is 7.07. The average molecular weight is 307 g/mol. The second-order valence-corrected chi connectivity index (χ2v) is 4.69. The van der Waals surface area contributed by atoms with Crippen molar-refractivity contribution in [1.29, 1.82) is 0 Å². The van der Waals surface area contributed by atoms with Gasteiger partial charge in [-0.15, -0.1) is 0 Å². The summed E-state index contributed by atoms with van der Waals surface area (Å²) in [4.78, 5) is 0. The molecule has 6 heteroatoms. The summed E-state index contributed by atoms with van der Waals surface area (Å²) in [5, 5.41) is 3.13. The van der Waals surface area contributed by atoms with E-state index in [-0.39, 0.29) is 6.04 Å². The maximum Gasteiger partial charge on any atom is 0.419 e. The molecule has 1 aromatic carbocycles. The zero-order chi connectivity index (χ0) is 15.9. The maximum absolute atomic E-state index is 13.3. The van der Waals surface area contributed by atoms with Crippen LogP contribution in [-0.4, -0.2) is 19.8 Å². The molecule has 0 saturated heterocycles. The van der Waals surface area contributed by atoms with Crippen molar-refractivity contribution in [3.63, 3.8) is 0 Å². The highest BCUT2D eigenvalue weighted by atomic mass is 19.4. The Morgan fingerprint density at radius 2 is 1.95 bits per heavy atom. The number of benzene rings is 1. The lowest BCUT2D eigenvalue weighted by molar-refractivity contribution is -0.140. The Balaban J connectivity index is 2.87. The van der Waals surface area contributed by atoms with Gasteiger partial charge in [0.2, 0.25) is 0 Å². The van der Waals surface area contributed by atoms with Gasteiger partial charge in [-0.2, -0.15) is 13.2 Å². The first kappa shape index (κ1) is 17.9. The summed E-state index contributed by atoms with van der Waals surface area (Å²) in [5.74, 6) is -1.24. The molecule has 1 rings (SSSR count). The van der Waals surface area contributed by atoms with Crippen molar-refractivity contribution in [2.75, 3.05) is 19.8 Å². The standard InChI is InChI=1S/C15H21F4NO/c1-3-20-14(6-5-9-21-4-2)11-7-8-13(16)12(10-11)15(17,18)19/h7-8,10,14,20H,3-6,9H2,1-2H3. The number of hydrogen-bond donors (Lipinski definition) is 1.